The Balaban J connectivity index is 1.72. The summed E-state index contributed by atoms with van der Waals surface area (Å²) < 4.78 is 0. The third-order valence-corrected chi connectivity index (χ3v) is 4.73. The van der Waals surface area contributed by atoms with Gasteiger partial charge in [0.05, 0.1) is 0 Å². The second kappa shape index (κ2) is 3.59. The SMILES string of the molecule is CC1(C2CC2c2ccccc2)CCC(N)C1. The van der Waals surface area contributed by atoms with E-state index in [1.54, 1.807) is 0 Å². The van der Waals surface area contributed by atoms with Crippen molar-refractivity contribution in [2.45, 2.75) is 44.6 Å². The molecule has 2 aliphatic rings. The molecule has 0 amide bonds. The lowest BCUT2D eigenvalue weighted by Crippen LogP contribution is -2.21. The van der Waals surface area contributed by atoms with Gasteiger partial charge in [-0.05, 0) is 48.5 Å². The van der Waals surface area contributed by atoms with E-state index >= 15 is 0 Å². The van der Waals surface area contributed by atoms with E-state index in [0.29, 0.717) is 11.5 Å². The van der Waals surface area contributed by atoms with Crippen molar-refractivity contribution in [3.63, 3.8) is 0 Å². The van der Waals surface area contributed by atoms with Crippen LogP contribution in [0.4, 0.5) is 0 Å². The van der Waals surface area contributed by atoms with Crippen LogP contribution >= 0.6 is 0 Å². The molecule has 0 aliphatic heterocycles. The van der Waals surface area contributed by atoms with Crippen molar-refractivity contribution in [3.05, 3.63) is 35.9 Å². The van der Waals surface area contributed by atoms with Crippen LogP contribution in [0, 0.1) is 11.3 Å². The number of hydrogen-bond donors (Lipinski definition) is 1. The molecule has 4 unspecified atom stereocenters. The summed E-state index contributed by atoms with van der Waals surface area (Å²) in [6, 6.07) is 11.4. The normalized spacial score (nSPS) is 42.2. The van der Waals surface area contributed by atoms with E-state index in [1.807, 2.05) is 0 Å². The molecule has 0 spiro atoms. The molecule has 1 aromatic rings. The molecule has 2 fully saturated rings. The molecule has 2 aliphatic carbocycles. The van der Waals surface area contributed by atoms with E-state index in [-0.39, 0.29) is 0 Å². The van der Waals surface area contributed by atoms with Gasteiger partial charge in [0.1, 0.15) is 0 Å². The van der Waals surface area contributed by atoms with E-state index in [0.717, 1.165) is 11.8 Å². The molecule has 1 heteroatoms. The first-order valence-corrected chi connectivity index (χ1v) is 6.49. The monoisotopic (exact) mass is 215 g/mol. The van der Waals surface area contributed by atoms with Crippen LogP contribution < -0.4 is 5.73 Å². The first-order chi connectivity index (χ1) is 7.69. The fraction of sp³-hybridized carbons (Fsp3) is 0.600. The second-order valence-corrected chi connectivity index (χ2v) is 6.02. The highest BCUT2D eigenvalue weighted by molar-refractivity contribution is 5.27. The van der Waals surface area contributed by atoms with Gasteiger partial charge in [-0.2, -0.15) is 0 Å². The molecule has 0 radical (unpaired) electrons. The molecule has 16 heavy (non-hydrogen) atoms. The van der Waals surface area contributed by atoms with Crippen LogP contribution in [0.25, 0.3) is 0 Å². The third-order valence-electron chi connectivity index (χ3n) is 4.73. The van der Waals surface area contributed by atoms with E-state index in [1.165, 1.54) is 31.2 Å². The maximum Gasteiger partial charge on any atom is 0.00443 e. The lowest BCUT2D eigenvalue weighted by Gasteiger charge is -2.24. The van der Waals surface area contributed by atoms with Gasteiger partial charge in [-0.15, -0.1) is 0 Å². The van der Waals surface area contributed by atoms with Crippen molar-refractivity contribution < 1.29 is 0 Å². The van der Waals surface area contributed by atoms with Crippen LogP contribution in [0.3, 0.4) is 0 Å². The maximum absolute atomic E-state index is 6.06. The molecule has 0 saturated heterocycles. The minimum Gasteiger partial charge on any atom is -0.328 e. The Bertz CT molecular complexity index is 372. The third kappa shape index (κ3) is 1.67. The molecule has 0 bridgehead atoms. The van der Waals surface area contributed by atoms with Crippen LogP contribution in [0.5, 0.6) is 0 Å². The highest BCUT2D eigenvalue weighted by Gasteiger charge is 2.52. The largest absolute Gasteiger partial charge is 0.328 e. The van der Waals surface area contributed by atoms with E-state index < -0.39 is 0 Å². The predicted molar refractivity (Wildman–Crippen MR) is 67.2 cm³/mol. The molecule has 86 valence electrons. The molecule has 0 heterocycles. The molecule has 1 nitrogen and oxygen atoms in total. The predicted octanol–water partition coefficient (Wildman–Crippen LogP) is 3.31. The van der Waals surface area contributed by atoms with Crippen molar-refractivity contribution >= 4 is 0 Å². The fourth-order valence-corrected chi connectivity index (χ4v) is 3.69. The molecule has 2 N–H and O–H groups in total. The van der Waals surface area contributed by atoms with Gasteiger partial charge in [0.2, 0.25) is 0 Å². The van der Waals surface area contributed by atoms with Crippen molar-refractivity contribution in [1.29, 1.82) is 0 Å². The molecule has 1 aromatic carbocycles. The highest BCUT2D eigenvalue weighted by atomic mass is 14.7. The van der Waals surface area contributed by atoms with Crippen LogP contribution in [0.2, 0.25) is 0 Å². The Hall–Kier alpha value is -0.820. The van der Waals surface area contributed by atoms with Gasteiger partial charge >= 0.3 is 0 Å². The molecule has 4 atom stereocenters. The Kier molecular flexibility index (Phi) is 2.32. The first-order valence-electron chi connectivity index (χ1n) is 6.49. The van der Waals surface area contributed by atoms with Crippen LogP contribution in [-0.4, -0.2) is 6.04 Å². The second-order valence-electron chi connectivity index (χ2n) is 6.02. The summed E-state index contributed by atoms with van der Waals surface area (Å²) in [5.74, 6) is 1.71. The summed E-state index contributed by atoms with van der Waals surface area (Å²) in [4.78, 5) is 0. The van der Waals surface area contributed by atoms with E-state index in [9.17, 15) is 0 Å². The smallest absolute Gasteiger partial charge is 0.00443 e. The topological polar surface area (TPSA) is 26.0 Å². The summed E-state index contributed by atoms with van der Waals surface area (Å²) in [6.45, 7) is 2.45. The van der Waals surface area contributed by atoms with Gasteiger partial charge < -0.3 is 5.73 Å². The number of nitrogens with two attached hydrogens (primary N) is 1. The average Bonchev–Trinajstić information content (AvgIpc) is 3.02. The summed E-state index contributed by atoms with van der Waals surface area (Å²) in [6.07, 6.45) is 5.19. The van der Waals surface area contributed by atoms with Crippen molar-refractivity contribution in [2.24, 2.45) is 17.1 Å². The first kappa shape index (κ1) is 10.3. The molecular formula is C15H21N. The zero-order valence-electron chi connectivity index (χ0n) is 10.0. The number of benzene rings is 1. The van der Waals surface area contributed by atoms with Gasteiger partial charge in [-0.1, -0.05) is 37.3 Å². The van der Waals surface area contributed by atoms with Gasteiger partial charge in [-0.3, -0.25) is 0 Å². The standard InChI is InChI=1S/C15H21N/c1-15(8-7-12(16)10-15)14-9-13(14)11-5-3-2-4-6-11/h2-6,12-14H,7-10,16H2,1H3. The Morgan fingerprint density at radius 1 is 1.25 bits per heavy atom. The van der Waals surface area contributed by atoms with Gasteiger partial charge in [0.25, 0.3) is 0 Å². The average molecular weight is 215 g/mol. The number of rotatable bonds is 2. The summed E-state index contributed by atoms with van der Waals surface area (Å²) >= 11 is 0. The minimum atomic E-state index is 0.460. The van der Waals surface area contributed by atoms with E-state index in [2.05, 4.69) is 37.3 Å². The lowest BCUT2D eigenvalue weighted by molar-refractivity contribution is 0.273. The van der Waals surface area contributed by atoms with Gasteiger partial charge in [-0.25, -0.2) is 0 Å². The summed E-state index contributed by atoms with van der Waals surface area (Å²) in [5.41, 5.74) is 8.12. The Labute approximate surface area is 98.0 Å². The summed E-state index contributed by atoms with van der Waals surface area (Å²) in [7, 11) is 0. The number of hydrogen-bond acceptors (Lipinski definition) is 1. The Morgan fingerprint density at radius 2 is 2.00 bits per heavy atom. The van der Waals surface area contributed by atoms with Gasteiger partial charge in [0, 0.05) is 6.04 Å². The van der Waals surface area contributed by atoms with Crippen LogP contribution in [-0.2, 0) is 0 Å². The zero-order valence-corrected chi connectivity index (χ0v) is 10.0. The van der Waals surface area contributed by atoms with Crippen molar-refractivity contribution in [2.75, 3.05) is 0 Å². The zero-order chi connectivity index (χ0) is 11.2. The Morgan fingerprint density at radius 3 is 2.62 bits per heavy atom. The van der Waals surface area contributed by atoms with Crippen molar-refractivity contribution in [1.82, 2.24) is 0 Å². The quantitative estimate of drug-likeness (QED) is 0.804. The highest BCUT2D eigenvalue weighted by Crippen LogP contribution is 2.62. The summed E-state index contributed by atoms with van der Waals surface area (Å²) in [5, 5.41) is 0. The van der Waals surface area contributed by atoms with Crippen LogP contribution in [0.1, 0.15) is 44.1 Å². The lowest BCUT2D eigenvalue weighted by atomic mass is 9.81. The molecular weight excluding hydrogens is 194 g/mol. The van der Waals surface area contributed by atoms with E-state index in [4.69, 9.17) is 5.73 Å². The molecule has 0 aromatic heterocycles. The maximum atomic E-state index is 6.06. The molecule has 2 saturated carbocycles. The van der Waals surface area contributed by atoms with Crippen molar-refractivity contribution in [3.8, 4) is 0 Å². The van der Waals surface area contributed by atoms with Crippen LogP contribution in [0.15, 0.2) is 30.3 Å². The minimum absolute atomic E-state index is 0.460. The van der Waals surface area contributed by atoms with Gasteiger partial charge in [0.15, 0.2) is 0 Å². The molecule has 3 rings (SSSR count). The fourth-order valence-electron chi connectivity index (χ4n) is 3.69.